The number of hydrogen-bond donors (Lipinski definition) is 0. The number of para-hydroxylation sites is 1. The minimum atomic E-state index is 0.168. The summed E-state index contributed by atoms with van der Waals surface area (Å²) in [5.41, 5.74) is 0.712. The van der Waals surface area contributed by atoms with Crippen molar-refractivity contribution in [3.63, 3.8) is 0 Å². The number of carbonyl (C=O) groups excluding carboxylic acids is 1. The van der Waals surface area contributed by atoms with Crippen LogP contribution in [-0.2, 0) is 0 Å². The minimum Gasteiger partial charge on any atom is -0.493 e. The number of ketones is 1. The van der Waals surface area contributed by atoms with Crippen LogP contribution in [0.15, 0.2) is 24.3 Å². The summed E-state index contributed by atoms with van der Waals surface area (Å²) in [7, 11) is 0. The van der Waals surface area contributed by atoms with Gasteiger partial charge in [-0.15, -0.1) is 0 Å². The molecule has 20 heavy (non-hydrogen) atoms. The van der Waals surface area contributed by atoms with Gasteiger partial charge in [-0.1, -0.05) is 26.0 Å². The number of nitrogens with zero attached hydrogens (tertiary/aromatic N) is 1. The second-order valence-electron chi connectivity index (χ2n) is 5.78. The molecule has 3 heteroatoms. The lowest BCUT2D eigenvalue weighted by Gasteiger charge is -2.27. The van der Waals surface area contributed by atoms with Crippen LogP contribution in [0.4, 0.5) is 0 Å². The van der Waals surface area contributed by atoms with Crippen LogP contribution in [0.5, 0.6) is 5.75 Å². The normalized spacial score (nSPS) is 19.5. The third-order valence-corrected chi connectivity index (χ3v) is 4.02. The largest absolute Gasteiger partial charge is 0.493 e. The molecule has 1 saturated heterocycles. The molecule has 110 valence electrons. The standard InChI is InChI=1S/C17H25NO2/c1-4-20-17-10-6-5-8-14(17)16(19)12-18-11-7-9-15(18)13(2)3/h5-6,8,10,13,15H,4,7,9,11-12H2,1-3H3. The Kier molecular flexibility index (Phi) is 5.18. The van der Waals surface area contributed by atoms with E-state index < -0.39 is 0 Å². The molecule has 1 aromatic carbocycles. The van der Waals surface area contributed by atoms with Crippen molar-refractivity contribution < 1.29 is 9.53 Å². The smallest absolute Gasteiger partial charge is 0.180 e. The molecule has 1 heterocycles. The van der Waals surface area contributed by atoms with E-state index in [1.54, 1.807) is 0 Å². The first-order valence-electron chi connectivity index (χ1n) is 7.62. The molecule has 0 amide bonds. The Morgan fingerprint density at radius 1 is 1.40 bits per heavy atom. The van der Waals surface area contributed by atoms with Crippen molar-refractivity contribution in [1.29, 1.82) is 0 Å². The van der Waals surface area contributed by atoms with Crippen LogP contribution in [-0.4, -0.2) is 36.4 Å². The van der Waals surface area contributed by atoms with Gasteiger partial charge in [0, 0.05) is 6.04 Å². The van der Waals surface area contributed by atoms with Gasteiger partial charge < -0.3 is 4.74 Å². The summed E-state index contributed by atoms with van der Waals surface area (Å²) in [6, 6.07) is 8.10. The second kappa shape index (κ2) is 6.89. The van der Waals surface area contributed by atoms with E-state index in [2.05, 4.69) is 18.7 Å². The zero-order valence-corrected chi connectivity index (χ0v) is 12.8. The number of hydrogen-bond acceptors (Lipinski definition) is 3. The van der Waals surface area contributed by atoms with Gasteiger partial charge in [-0.05, 0) is 44.4 Å². The summed E-state index contributed by atoms with van der Waals surface area (Å²) in [4.78, 5) is 14.9. The Hall–Kier alpha value is -1.35. The van der Waals surface area contributed by atoms with Gasteiger partial charge in [0.1, 0.15) is 5.75 Å². The number of rotatable bonds is 6. The maximum absolute atomic E-state index is 12.5. The van der Waals surface area contributed by atoms with Gasteiger partial charge in [0.15, 0.2) is 5.78 Å². The van der Waals surface area contributed by atoms with E-state index in [4.69, 9.17) is 4.74 Å². The monoisotopic (exact) mass is 275 g/mol. The van der Waals surface area contributed by atoms with E-state index in [9.17, 15) is 4.79 Å². The SMILES string of the molecule is CCOc1ccccc1C(=O)CN1CCCC1C(C)C. The third-order valence-electron chi connectivity index (χ3n) is 4.02. The maximum atomic E-state index is 12.5. The van der Waals surface area contributed by atoms with Gasteiger partial charge >= 0.3 is 0 Å². The Balaban J connectivity index is 2.08. The lowest BCUT2D eigenvalue weighted by atomic mass is 10.0. The molecule has 1 fully saturated rings. The molecule has 0 saturated carbocycles. The molecule has 1 aliphatic heterocycles. The summed E-state index contributed by atoms with van der Waals surface area (Å²) < 4.78 is 5.56. The summed E-state index contributed by atoms with van der Waals surface area (Å²) >= 11 is 0. The van der Waals surface area contributed by atoms with Crippen molar-refractivity contribution in [3.05, 3.63) is 29.8 Å². The van der Waals surface area contributed by atoms with E-state index in [1.165, 1.54) is 12.8 Å². The minimum absolute atomic E-state index is 0.168. The summed E-state index contributed by atoms with van der Waals surface area (Å²) in [6.07, 6.45) is 2.40. The molecular formula is C17H25NO2. The lowest BCUT2D eigenvalue weighted by molar-refractivity contribution is 0.0900. The molecule has 2 rings (SSSR count). The van der Waals surface area contributed by atoms with E-state index in [0.29, 0.717) is 36.4 Å². The van der Waals surface area contributed by atoms with Crippen LogP contribution < -0.4 is 4.74 Å². The summed E-state index contributed by atoms with van der Waals surface area (Å²) in [6.45, 7) is 8.54. The first kappa shape index (κ1) is 15.0. The number of benzene rings is 1. The van der Waals surface area contributed by atoms with E-state index in [0.717, 1.165) is 6.54 Å². The molecule has 1 aromatic rings. The van der Waals surface area contributed by atoms with Gasteiger partial charge in [0.2, 0.25) is 0 Å². The quantitative estimate of drug-likeness (QED) is 0.745. The topological polar surface area (TPSA) is 29.5 Å². The molecular weight excluding hydrogens is 250 g/mol. The Labute approximate surface area is 121 Å². The van der Waals surface area contributed by atoms with Crippen LogP contribution in [0.25, 0.3) is 0 Å². The average Bonchev–Trinajstić information content (AvgIpc) is 2.88. The molecule has 0 aromatic heterocycles. The first-order chi connectivity index (χ1) is 9.63. The van der Waals surface area contributed by atoms with Gasteiger partial charge in [0.05, 0.1) is 18.7 Å². The van der Waals surface area contributed by atoms with E-state index in [1.807, 2.05) is 31.2 Å². The van der Waals surface area contributed by atoms with Crippen LogP contribution in [0.1, 0.15) is 44.0 Å². The zero-order valence-electron chi connectivity index (χ0n) is 12.8. The number of carbonyl (C=O) groups is 1. The number of likely N-dealkylation sites (tertiary alicyclic amines) is 1. The summed E-state index contributed by atoms with van der Waals surface area (Å²) in [5, 5.41) is 0. The fraction of sp³-hybridized carbons (Fsp3) is 0.588. The molecule has 1 atom stereocenters. The molecule has 1 aliphatic rings. The Bertz CT molecular complexity index is 456. The average molecular weight is 275 g/mol. The molecule has 0 radical (unpaired) electrons. The highest BCUT2D eigenvalue weighted by atomic mass is 16.5. The zero-order chi connectivity index (χ0) is 14.5. The summed E-state index contributed by atoms with van der Waals surface area (Å²) in [5.74, 6) is 1.48. The van der Waals surface area contributed by atoms with Crippen LogP contribution in [0, 0.1) is 5.92 Å². The van der Waals surface area contributed by atoms with Crippen molar-refractivity contribution in [2.75, 3.05) is 19.7 Å². The Morgan fingerprint density at radius 2 is 2.15 bits per heavy atom. The van der Waals surface area contributed by atoms with Crippen molar-refractivity contribution in [2.24, 2.45) is 5.92 Å². The molecule has 0 aliphatic carbocycles. The Morgan fingerprint density at radius 3 is 2.85 bits per heavy atom. The predicted molar refractivity (Wildman–Crippen MR) is 81.4 cm³/mol. The van der Waals surface area contributed by atoms with Crippen molar-refractivity contribution in [1.82, 2.24) is 4.90 Å². The molecule has 0 spiro atoms. The van der Waals surface area contributed by atoms with Crippen LogP contribution in [0.2, 0.25) is 0 Å². The van der Waals surface area contributed by atoms with Crippen molar-refractivity contribution >= 4 is 5.78 Å². The lowest BCUT2D eigenvalue weighted by Crippen LogP contribution is -2.37. The molecule has 3 nitrogen and oxygen atoms in total. The molecule has 0 N–H and O–H groups in total. The maximum Gasteiger partial charge on any atom is 0.180 e. The fourth-order valence-corrected chi connectivity index (χ4v) is 3.05. The van der Waals surface area contributed by atoms with Crippen LogP contribution in [0.3, 0.4) is 0 Å². The van der Waals surface area contributed by atoms with Gasteiger partial charge in [-0.3, -0.25) is 9.69 Å². The van der Waals surface area contributed by atoms with E-state index in [-0.39, 0.29) is 5.78 Å². The highest BCUT2D eigenvalue weighted by molar-refractivity contribution is 6.00. The van der Waals surface area contributed by atoms with Gasteiger partial charge in [0.25, 0.3) is 0 Å². The highest BCUT2D eigenvalue weighted by Gasteiger charge is 2.29. The molecule has 1 unspecified atom stereocenters. The van der Waals surface area contributed by atoms with Crippen molar-refractivity contribution in [3.8, 4) is 5.75 Å². The van der Waals surface area contributed by atoms with Gasteiger partial charge in [-0.25, -0.2) is 0 Å². The van der Waals surface area contributed by atoms with Gasteiger partial charge in [-0.2, -0.15) is 0 Å². The van der Waals surface area contributed by atoms with Crippen LogP contribution >= 0.6 is 0 Å². The number of ether oxygens (including phenoxy) is 1. The molecule has 0 bridgehead atoms. The van der Waals surface area contributed by atoms with Crippen molar-refractivity contribution in [2.45, 2.75) is 39.7 Å². The first-order valence-corrected chi connectivity index (χ1v) is 7.62. The van der Waals surface area contributed by atoms with E-state index >= 15 is 0 Å². The third kappa shape index (κ3) is 3.40. The predicted octanol–water partition coefficient (Wildman–Crippen LogP) is 3.39. The highest BCUT2D eigenvalue weighted by Crippen LogP contribution is 2.25. The number of Topliss-reactive ketones (excluding diaryl/α,β-unsaturated/α-hetero) is 1. The second-order valence-corrected chi connectivity index (χ2v) is 5.78. The fourth-order valence-electron chi connectivity index (χ4n) is 3.05.